The van der Waals surface area contributed by atoms with E-state index in [9.17, 15) is 0 Å². The van der Waals surface area contributed by atoms with Crippen molar-refractivity contribution in [3.05, 3.63) is 0 Å². The molecule has 0 amide bonds. The molecule has 2 nitrogen and oxygen atoms in total. The van der Waals surface area contributed by atoms with Gasteiger partial charge < -0.3 is 10.6 Å². The Morgan fingerprint density at radius 2 is 1.85 bits per heavy atom. The standard InChI is InChI=1S/C11H24N2/c1-4-10(5-2)13(3)8-11(12)9-6-7-9/h9-11H,4-8,12H2,1-3H3. The van der Waals surface area contributed by atoms with Gasteiger partial charge in [0.1, 0.15) is 0 Å². The summed E-state index contributed by atoms with van der Waals surface area (Å²) >= 11 is 0. The predicted molar refractivity (Wildman–Crippen MR) is 57.7 cm³/mol. The maximum absolute atomic E-state index is 6.09. The van der Waals surface area contributed by atoms with Crippen LogP contribution in [0.2, 0.25) is 0 Å². The van der Waals surface area contributed by atoms with Gasteiger partial charge in [-0.25, -0.2) is 0 Å². The lowest BCUT2D eigenvalue weighted by molar-refractivity contribution is 0.211. The van der Waals surface area contributed by atoms with Gasteiger partial charge in [-0.3, -0.25) is 0 Å². The first-order chi connectivity index (χ1) is 6.19. The van der Waals surface area contributed by atoms with E-state index in [4.69, 9.17) is 5.73 Å². The number of likely N-dealkylation sites (N-methyl/N-ethyl adjacent to an activating group) is 1. The van der Waals surface area contributed by atoms with Crippen LogP contribution in [-0.2, 0) is 0 Å². The maximum Gasteiger partial charge on any atom is 0.0196 e. The highest BCUT2D eigenvalue weighted by Gasteiger charge is 2.29. The molecule has 1 aliphatic carbocycles. The van der Waals surface area contributed by atoms with Gasteiger partial charge in [0.15, 0.2) is 0 Å². The first-order valence-corrected chi connectivity index (χ1v) is 5.64. The van der Waals surface area contributed by atoms with E-state index in [0.717, 1.165) is 18.5 Å². The van der Waals surface area contributed by atoms with E-state index >= 15 is 0 Å². The van der Waals surface area contributed by atoms with Gasteiger partial charge in [-0.1, -0.05) is 13.8 Å². The zero-order valence-corrected chi connectivity index (χ0v) is 9.29. The summed E-state index contributed by atoms with van der Waals surface area (Å²) in [6, 6.07) is 1.15. The molecule has 0 aromatic rings. The highest BCUT2D eigenvalue weighted by Crippen LogP contribution is 2.31. The molecular formula is C11H24N2. The summed E-state index contributed by atoms with van der Waals surface area (Å²) in [6.45, 7) is 5.59. The minimum absolute atomic E-state index is 0.422. The van der Waals surface area contributed by atoms with Crippen LogP contribution in [0.4, 0.5) is 0 Å². The molecule has 1 fully saturated rings. The maximum atomic E-state index is 6.09. The number of hydrogen-bond donors (Lipinski definition) is 1. The Labute approximate surface area is 82.5 Å². The van der Waals surface area contributed by atoms with Crippen molar-refractivity contribution in [1.29, 1.82) is 0 Å². The van der Waals surface area contributed by atoms with Crippen molar-refractivity contribution in [3.8, 4) is 0 Å². The summed E-state index contributed by atoms with van der Waals surface area (Å²) < 4.78 is 0. The lowest BCUT2D eigenvalue weighted by atomic mass is 10.1. The number of rotatable bonds is 6. The number of nitrogens with two attached hydrogens (primary N) is 1. The summed E-state index contributed by atoms with van der Waals surface area (Å²) in [5, 5.41) is 0. The molecule has 2 N–H and O–H groups in total. The molecule has 0 aromatic carbocycles. The van der Waals surface area contributed by atoms with Crippen molar-refractivity contribution in [3.63, 3.8) is 0 Å². The molecule has 1 aliphatic rings. The van der Waals surface area contributed by atoms with E-state index in [1.165, 1.54) is 25.7 Å². The lowest BCUT2D eigenvalue weighted by Crippen LogP contribution is -2.41. The van der Waals surface area contributed by atoms with Crippen molar-refractivity contribution in [2.45, 2.75) is 51.6 Å². The molecule has 2 heteroatoms. The second-order valence-electron chi connectivity index (χ2n) is 4.41. The van der Waals surface area contributed by atoms with Gasteiger partial charge in [0, 0.05) is 18.6 Å². The molecule has 1 saturated carbocycles. The fraction of sp³-hybridized carbons (Fsp3) is 1.00. The Morgan fingerprint density at radius 3 is 2.23 bits per heavy atom. The molecule has 13 heavy (non-hydrogen) atoms. The molecule has 0 bridgehead atoms. The molecular weight excluding hydrogens is 160 g/mol. The molecule has 1 atom stereocenters. The van der Waals surface area contributed by atoms with E-state index in [0.29, 0.717) is 6.04 Å². The average molecular weight is 184 g/mol. The molecule has 0 spiro atoms. The van der Waals surface area contributed by atoms with Crippen LogP contribution in [0.5, 0.6) is 0 Å². The van der Waals surface area contributed by atoms with E-state index < -0.39 is 0 Å². The molecule has 1 rings (SSSR count). The zero-order valence-electron chi connectivity index (χ0n) is 9.29. The summed E-state index contributed by atoms with van der Waals surface area (Å²) in [5.41, 5.74) is 6.09. The Kier molecular flexibility index (Phi) is 4.20. The lowest BCUT2D eigenvalue weighted by Gasteiger charge is -2.28. The Hall–Kier alpha value is -0.0800. The van der Waals surface area contributed by atoms with E-state index in [1.807, 2.05) is 0 Å². The summed E-state index contributed by atoms with van der Waals surface area (Å²) in [4.78, 5) is 2.43. The number of hydrogen-bond acceptors (Lipinski definition) is 2. The van der Waals surface area contributed by atoms with E-state index in [-0.39, 0.29) is 0 Å². The third-order valence-corrected chi connectivity index (χ3v) is 3.29. The normalized spacial score (nSPS) is 19.8. The van der Waals surface area contributed by atoms with E-state index in [1.54, 1.807) is 0 Å². The van der Waals surface area contributed by atoms with Crippen molar-refractivity contribution < 1.29 is 0 Å². The second kappa shape index (κ2) is 4.97. The fourth-order valence-corrected chi connectivity index (χ4v) is 2.07. The molecule has 1 unspecified atom stereocenters. The monoisotopic (exact) mass is 184 g/mol. The van der Waals surface area contributed by atoms with Crippen LogP contribution >= 0.6 is 0 Å². The minimum Gasteiger partial charge on any atom is -0.326 e. The SMILES string of the molecule is CCC(CC)N(C)CC(N)C1CC1. The van der Waals surface area contributed by atoms with Gasteiger partial charge in [0.25, 0.3) is 0 Å². The van der Waals surface area contributed by atoms with Gasteiger partial charge in [0.2, 0.25) is 0 Å². The Bertz CT molecular complexity index is 139. The predicted octanol–water partition coefficient (Wildman–Crippen LogP) is 1.84. The fourth-order valence-electron chi connectivity index (χ4n) is 2.07. The van der Waals surface area contributed by atoms with Crippen LogP contribution in [0.3, 0.4) is 0 Å². The summed E-state index contributed by atoms with van der Waals surface area (Å²) in [5.74, 6) is 0.830. The largest absolute Gasteiger partial charge is 0.326 e. The average Bonchev–Trinajstić information content (AvgIpc) is 2.88. The van der Waals surface area contributed by atoms with Gasteiger partial charge >= 0.3 is 0 Å². The highest BCUT2D eigenvalue weighted by atomic mass is 15.1. The molecule has 78 valence electrons. The van der Waals surface area contributed by atoms with Crippen molar-refractivity contribution in [2.75, 3.05) is 13.6 Å². The van der Waals surface area contributed by atoms with Crippen LogP contribution in [-0.4, -0.2) is 30.6 Å². The molecule has 0 aliphatic heterocycles. The minimum atomic E-state index is 0.422. The van der Waals surface area contributed by atoms with Crippen molar-refractivity contribution >= 4 is 0 Å². The van der Waals surface area contributed by atoms with E-state index in [2.05, 4.69) is 25.8 Å². The van der Waals surface area contributed by atoms with Gasteiger partial charge in [0.05, 0.1) is 0 Å². The Balaban J connectivity index is 2.24. The molecule has 0 radical (unpaired) electrons. The first-order valence-electron chi connectivity index (χ1n) is 5.64. The molecule has 0 aromatic heterocycles. The first kappa shape index (κ1) is 11.0. The molecule has 0 heterocycles. The summed E-state index contributed by atoms with van der Waals surface area (Å²) in [7, 11) is 2.21. The van der Waals surface area contributed by atoms with Gasteiger partial charge in [-0.05, 0) is 38.6 Å². The smallest absolute Gasteiger partial charge is 0.0196 e. The zero-order chi connectivity index (χ0) is 9.84. The van der Waals surface area contributed by atoms with Crippen LogP contribution in [0.25, 0.3) is 0 Å². The Morgan fingerprint density at radius 1 is 1.31 bits per heavy atom. The topological polar surface area (TPSA) is 29.3 Å². The second-order valence-corrected chi connectivity index (χ2v) is 4.41. The van der Waals surface area contributed by atoms with Crippen molar-refractivity contribution in [2.24, 2.45) is 11.7 Å². The molecule has 0 saturated heterocycles. The van der Waals surface area contributed by atoms with Crippen LogP contribution in [0.1, 0.15) is 39.5 Å². The van der Waals surface area contributed by atoms with Gasteiger partial charge in [-0.2, -0.15) is 0 Å². The van der Waals surface area contributed by atoms with Crippen LogP contribution in [0.15, 0.2) is 0 Å². The quantitative estimate of drug-likeness (QED) is 0.682. The summed E-state index contributed by atoms with van der Waals surface area (Å²) in [6.07, 6.45) is 5.20. The van der Waals surface area contributed by atoms with Gasteiger partial charge in [-0.15, -0.1) is 0 Å². The van der Waals surface area contributed by atoms with Crippen LogP contribution in [0, 0.1) is 5.92 Å². The van der Waals surface area contributed by atoms with Crippen LogP contribution < -0.4 is 5.73 Å². The number of nitrogens with zero attached hydrogens (tertiary/aromatic N) is 1. The highest BCUT2D eigenvalue weighted by molar-refractivity contribution is 4.86. The van der Waals surface area contributed by atoms with Crippen molar-refractivity contribution in [1.82, 2.24) is 4.90 Å². The third-order valence-electron chi connectivity index (χ3n) is 3.29. The third kappa shape index (κ3) is 3.28.